The second-order valence-electron chi connectivity index (χ2n) is 6.96. The van der Waals surface area contributed by atoms with E-state index in [1.807, 2.05) is 42.5 Å². The van der Waals surface area contributed by atoms with Gasteiger partial charge in [0.05, 0.1) is 10.3 Å². The van der Waals surface area contributed by atoms with Crippen molar-refractivity contribution in [1.29, 1.82) is 0 Å². The molecule has 3 nitrogen and oxygen atoms in total. The van der Waals surface area contributed by atoms with E-state index in [4.69, 9.17) is 11.6 Å². The molecule has 0 saturated carbocycles. The zero-order valence-corrected chi connectivity index (χ0v) is 16.9. The van der Waals surface area contributed by atoms with Crippen molar-refractivity contribution in [2.45, 2.75) is 23.1 Å². The molecule has 2 aliphatic rings. The van der Waals surface area contributed by atoms with Gasteiger partial charge in [-0.3, -0.25) is 0 Å². The van der Waals surface area contributed by atoms with Crippen molar-refractivity contribution >= 4 is 44.2 Å². The standard InChI is InChI=1S/C21H18ClNO2S2/c22-17-5-1-4-16(13-17)21-23(11-12-26-21)27(24,25)19-10-9-15-8-7-14-3-2-6-18(19)20(14)15/h1-6,9-10,13,21H,7-8,11-12H2. The molecule has 6 heteroatoms. The van der Waals surface area contributed by atoms with Gasteiger partial charge >= 0.3 is 0 Å². The van der Waals surface area contributed by atoms with Gasteiger partial charge in [0.25, 0.3) is 0 Å². The van der Waals surface area contributed by atoms with E-state index in [2.05, 4.69) is 6.07 Å². The highest BCUT2D eigenvalue weighted by molar-refractivity contribution is 8.01. The highest BCUT2D eigenvalue weighted by Gasteiger charge is 2.38. The molecule has 3 aromatic carbocycles. The maximum atomic E-state index is 13.6. The summed E-state index contributed by atoms with van der Waals surface area (Å²) in [7, 11) is -3.61. The molecule has 1 aliphatic carbocycles. The maximum absolute atomic E-state index is 13.6. The molecule has 0 N–H and O–H groups in total. The van der Waals surface area contributed by atoms with Gasteiger partial charge in [0, 0.05) is 22.7 Å². The lowest BCUT2D eigenvalue weighted by atomic mass is 10.1. The quantitative estimate of drug-likeness (QED) is 0.602. The first kappa shape index (κ1) is 17.6. The van der Waals surface area contributed by atoms with Crippen LogP contribution in [-0.2, 0) is 22.9 Å². The lowest BCUT2D eigenvalue weighted by molar-refractivity contribution is 0.435. The summed E-state index contributed by atoms with van der Waals surface area (Å²) in [5.41, 5.74) is 3.43. The monoisotopic (exact) mass is 415 g/mol. The molecular formula is C21H18ClNO2S2. The largest absolute Gasteiger partial charge is 0.245 e. The molecule has 3 aromatic rings. The molecule has 1 fully saturated rings. The van der Waals surface area contributed by atoms with E-state index in [1.54, 1.807) is 22.1 Å². The van der Waals surface area contributed by atoms with Crippen molar-refractivity contribution in [2.24, 2.45) is 0 Å². The number of halogens is 1. The summed E-state index contributed by atoms with van der Waals surface area (Å²) in [6.07, 6.45) is 1.97. The third-order valence-corrected chi connectivity index (χ3v) is 8.96. The number of nitrogens with zero attached hydrogens (tertiary/aromatic N) is 1. The Hall–Kier alpha value is -1.53. The molecule has 5 rings (SSSR count). The number of aryl methyl sites for hydroxylation is 2. The number of thioether (sulfide) groups is 1. The van der Waals surface area contributed by atoms with Crippen LogP contribution in [0, 0.1) is 0 Å². The summed E-state index contributed by atoms with van der Waals surface area (Å²) >= 11 is 7.79. The highest BCUT2D eigenvalue weighted by Crippen LogP contribution is 2.44. The first-order valence-corrected chi connectivity index (χ1v) is 11.8. The molecular weight excluding hydrogens is 398 g/mol. The van der Waals surface area contributed by atoms with Crippen molar-refractivity contribution in [3.63, 3.8) is 0 Å². The van der Waals surface area contributed by atoms with Crippen molar-refractivity contribution in [1.82, 2.24) is 4.31 Å². The second kappa shape index (κ2) is 6.52. The van der Waals surface area contributed by atoms with E-state index in [0.29, 0.717) is 16.5 Å². The van der Waals surface area contributed by atoms with E-state index in [-0.39, 0.29) is 5.37 Å². The number of hydrogen-bond donors (Lipinski definition) is 0. The first-order chi connectivity index (χ1) is 13.1. The minimum atomic E-state index is -3.61. The average Bonchev–Trinajstić information content (AvgIpc) is 3.31. The van der Waals surface area contributed by atoms with Crippen LogP contribution in [-0.4, -0.2) is 25.0 Å². The molecule has 1 aliphatic heterocycles. The van der Waals surface area contributed by atoms with Crippen molar-refractivity contribution < 1.29 is 8.42 Å². The van der Waals surface area contributed by atoms with Gasteiger partial charge < -0.3 is 0 Å². The number of benzene rings is 3. The molecule has 0 radical (unpaired) electrons. The minimum Gasteiger partial charge on any atom is -0.207 e. The fourth-order valence-corrected chi connectivity index (χ4v) is 7.81. The number of hydrogen-bond acceptors (Lipinski definition) is 3. The molecule has 0 amide bonds. The van der Waals surface area contributed by atoms with Gasteiger partial charge in [0.1, 0.15) is 0 Å². The molecule has 138 valence electrons. The molecule has 1 atom stereocenters. The van der Waals surface area contributed by atoms with Gasteiger partial charge in [-0.2, -0.15) is 4.31 Å². The Labute approximate surface area is 168 Å². The summed E-state index contributed by atoms with van der Waals surface area (Å²) in [6.45, 7) is 0.507. The molecule has 0 aromatic heterocycles. The Balaban J connectivity index is 1.64. The van der Waals surface area contributed by atoms with Crippen LogP contribution in [0.3, 0.4) is 0 Å². The van der Waals surface area contributed by atoms with Crippen molar-refractivity contribution in [3.8, 4) is 0 Å². The highest BCUT2D eigenvalue weighted by atomic mass is 35.5. The van der Waals surface area contributed by atoms with Gasteiger partial charge in [-0.05, 0) is 53.1 Å². The Morgan fingerprint density at radius 2 is 1.78 bits per heavy atom. The first-order valence-electron chi connectivity index (χ1n) is 8.98. The van der Waals surface area contributed by atoms with Crippen LogP contribution in [0.1, 0.15) is 22.1 Å². The normalized spacial score (nSPS) is 19.8. The number of rotatable bonds is 3. The van der Waals surface area contributed by atoms with Gasteiger partial charge in [-0.25, -0.2) is 8.42 Å². The van der Waals surface area contributed by atoms with Crippen LogP contribution >= 0.6 is 23.4 Å². The Bertz CT molecular complexity index is 1150. The minimum absolute atomic E-state index is 0.239. The van der Waals surface area contributed by atoms with Crippen molar-refractivity contribution in [3.05, 3.63) is 76.3 Å². The number of sulfonamides is 1. The third kappa shape index (κ3) is 2.80. The zero-order valence-electron chi connectivity index (χ0n) is 14.6. The topological polar surface area (TPSA) is 37.4 Å². The summed E-state index contributed by atoms with van der Waals surface area (Å²) in [6, 6.07) is 17.3. The van der Waals surface area contributed by atoms with Gasteiger partial charge in [0.15, 0.2) is 0 Å². The van der Waals surface area contributed by atoms with E-state index in [0.717, 1.165) is 34.9 Å². The summed E-state index contributed by atoms with van der Waals surface area (Å²) in [5.74, 6) is 0.775. The van der Waals surface area contributed by atoms with Crippen LogP contribution in [0.25, 0.3) is 10.8 Å². The molecule has 27 heavy (non-hydrogen) atoms. The maximum Gasteiger partial charge on any atom is 0.245 e. The predicted octanol–water partition coefficient (Wildman–Crippen LogP) is 5.03. The van der Waals surface area contributed by atoms with Gasteiger partial charge in [-0.1, -0.05) is 48.0 Å². The summed E-state index contributed by atoms with van der Waals surface area (Å²) < 4.78 is 28.9. The fraction of sp³-hybridized carbons (Fsp3) is 0.238. The fourth-order valence-electron chi connectivity index (χ4n) is 4.19. The lowest BCUT2D eigenvalue weighted by Gasteiger charge is -2.24. The van der Waals surface area contributed by atoms with Gasteiger partial charge in [0.2, 0.25) is 10.0 Å². The van der Waals surface area contributed by atoms with Crippen LogP contribution in [0.2, 0.25) is 5.02 Å². The summed E-state index contributed by atoms with van der Waals surface area (Å²) in [4.78, 5) is 0.416. The van der Waals surface area contributed by atoms with E-state index in [9.17, 15) is 8.42 Å². The zero-order chi connectivity index (χ0) is 18.6. The molecule has 1 heterocycles. The summed E-state index contributed by atoms with van der Waals surface area (Å²) in [5, 5.41) is 2.37. The van der Waals surface area contributed by atoms with E-state index < -0.39 is 10.0 Å². The molecule has 1 saturated heterocycles. The Kier molecular flexibility index (Phi) is 4.24. The average molecular weight is 416 g/mol. The second-order valence-corrected chi connectivity index (χ2v) is 10.4. The molecule has 0 bridgehead atoms. The molecule has 1 unspecified atom stereocenters. The Morgan fingerprint density at radius 1 is 1.00 bits per heavy atom. The van der Waals surface area contributed by atoms with Crippen molar-refractivity contribution in [2.75, 3.05) is 12.3 Å². The van der Waals surface area contributed by atoms with Crippen LogP contribution < -0.4 is 0 Å². The van der Waals surface area contributed by atoms with Gasteiger partial charge in [-0.15, -0.1) is 11.8 Å². The smallest absolute Gasteiger partial charge is 0.207 e. The van der Waals surface area contributed by atoms with E-state index >= 15 is 0 Å². The SMILES string of the molecule is O=S(=O)(c1ccc2c3c(cccc13)CC2)N1CCSC1c1cccc(Cl)c1. The van der Waals surface area contributed by atoms with E-state index in [1.165, 1.54) is 11.1 Å². The molecule has 0 spiro atoms. The predicted molar refractivity (Wildman–Crippen MR) is 112 cm³/mol. The third-order valence-electron chi connectivity index (χ3n) is 5.41. The lowest BCUT2D eigenvalue weighted by Crippen LogP contribution is -2.30. The van der Waals surface area contributed by atoms with Crippen LogP contribution in [0.4, 0.5) is 0 Å². The Morgan fingerprint density at radius 3 is 2.59 bits per heavy atom. The van der Waals surface area contributed by atoms with Crippen LogP contribution in [0.15, 0.2) is 59.5 Å². The van der Waals surface area contributed by atoms with Crippen LogP contribution in [0.5, 0.6) is 0 Å².